The lowest BCUT2D eigenvalue weighted by atomic mass is 10.2. The second-order valence-corrected chi connectivity index (χ2v) is 8.32. The zero-order valence-corrected chi connectivity index (χ0v) is 15.6. The maximum Gasteiger partial charge on any atom is 0.200 e. The Morgan fingerprint density at radius 1 is 0.607 bits per heavy atom. The van der Waals surface area contributed by atoms with E-state index in [0.29, 0.717) is 11.1 Å². The fourth-order valence-corrected chi connectivity index (χ4v) is 5.17. The highest BCUT2D eigenvalue weighted by atomic mass is 31.1. The highest BCUT2D eigenvalue weighted by Gasteiger charge is 2.34. The predicted molar refractivity (Wildman–Crippen MR) is 97.7 cm³/mol. The van der Waals surface area contributed by atoms with E-state index in [0.717, 1.165) is 0 Å². The molecule has 0 fully saturated rings. The molecule has 0 atom stereocenters. The second-order valence-electron chi connectivity index (χ2n) is 6.24. The number of aromatic hydroxyl groups is 2. The maximum atomic E-state index is 14.6. The van der Waals surface area contributed by atoms with Crippen molar-refractivity contribution < 1.29 is 32.2 Å². The zero-order chi connectivity index (χ0) is 20.7. The molecule has 0 radical (unpaired) electrons. The second kappa shape index (κ2) is 7.40. The molecule has 0 bridgehead atoms. The average molecular weight is 412 g/mol. The number of halogens is 5. The van der Waals surface area contributed by atoms with Crippen LogP contribution >= 0.6 is 7.92 Å². The molecule has 0 heterocycles. The molecule has 3 aromatic carbocycles. The minimum absolute atomic E-state index is 0.0528. The third-order valence-corrected chi connectivity index (χ3v) is 6.71. The van der Waals surface area contributed by atoms with Crippen LogP contribution in [0.4, 0.5) is 22.0 Å². The Balaban J connectivity index is 2.42. The Morgan fingerprint density at radius 3 is 1.32 bits per heavy atom. The molecule has 0 saturated carbocycles. The molecule has 0 aliphatic heterocycles. The van der Waals surface area contributed by atoms with Crippen LogP contribution in [0.2, 0.25) is 0 Å². The Labute approximate surface area is 158 Å². The van der Waals surface area contributed by atoms with Crippen molar-refractivity contribution in [3.63, 3.8) is 0 Å². The largest absolute Gasteiger partial charge is 0.507 e. The van der Waals surface area contributed by atoms with Crippen molar-refractivity contribution in [3.8, 4) is 11.5 Å². The van der Waals surface area contributed by atoms with E-state index in [1.54, 1.807) is 13.8 Å². The van der Waals surface area contributed by atoms with Gasteiger partial charge in [-0.05, 0) is 49.2 Å². The molecule has 0 unspecified atom stereocenters. The maximum absolute atomic E-state index is 14.6. The lowest BCUT2D eigenvalue weighted by Gasteiger charge is -2.23. The molecular formula is C20H14F5O2P. The summed E-state index contributed by atoms with van der Waals surface area (Å²) < 4.78 is 70.4. The van der Waals surface area contributed by atoms with Crippen LogP contribution in [0.15, 0.2) is 36.4 Å². The molecular weight excluding hydrogens is 398 g/mol. The van der Waals surface area contributed by atoms with E-state index in [2.05, 4.69) is 0 Å². The van der Waals surface area contributed by atoms with Gasteiger partial charge in [-0.1, -0.05) is 12.1 Å². The van der Waals surface area contributed by atoms with Crippen LogP contribution in [-0.2, 0) is 0 Å². The van der Waals surface area contributed by atoms with Gasteiger partial charge in [0.25, 0.3) is 0 Å². The van der Waals surface area contributed by atoms with Gasteiger partial charge in [0.15, 0.2) is 23.3 Å². The first kappa shape index (κ1) is 20.1. The van der Waals surface area contributed by atoms with Crippen LogP contribution < -0.4 is 15.9 Å². The van der Waals surface area contributed by atoms with Gasteiger partial charge >= 0.3 is 0 Å². The number of hydrogen-bond donors (Lipinski definition) is 2. The highest BCUT2D eigenvalue weighted by Crippen LogP contribution is 2.42. The lowest BCUT2D eigenvalue weighted by Crippen LogP contribution is -2.29. The highest BCUT2D eigenvalue weighted by molar-refractivity contribution is 7.80. The number of phenolic OH excluding ortho intramolecular Hbond substituents is 2. The summed E-state index contributed by atoms with van der Waals surface area (Å²) in [5, 5.41) is 19.5. The fraction of sp³-hybridized carbons (Fsp3) is 0.100. The summed E-state index contributed by atoms with van der Waals surface area (Å²) in [6.45, 7) is 3.32. The van der Waals surface area contributed by atoms with Crippen molar-refractivity contribution in [2.75, 3.05) is 0 Å². The van der Waals surface area contributed by atoms with Crippen LogP contribution in [0.3, 0.4) is 0 Å². The summed E-state index contributed by atoms with van der Waals surface area (Å²) in [6, 6.07) is 8.36. The lowest BCUT2D eigenvalue weighted by molar-refractivity contribution is 0.384. The first-order valence-corrected chi connectivity index (χ1v) is 9.38. The molecule has 28 heavy (non-hydrogen) atoms. The Morgan fingerprint density at radius 2 is 0.964 bits per heavy atom. The van der Waals surface area contributed by atoms with Gasteiger partial charge in [0.2, 0.25) is 5.82 Å². The van der Waals surface area contributed by atoms with E-state index in [4.69, 9.17) is 0 Å². The van der Waals surface area contributed by atoms with Gasteiger partial charge in [0, 0.05) is 18.5 Å². The van der Waals surface area contributed by atoms with Gasteiger partial charge in [-0.15, -0.1) is 0 Å². The predicted octanol–water partition coefficient (Wildman–Crippen LogP) is 4.17. The standard InChI is InChI=1S/C20H14F5O2P/c1-9-3-5-13(11(26)7-9)28(14-6-4-10(2)8-12(14)27)20-18(24)16(22)15(21)17(23)19(20)25/h3-8,26-27H,1-2H3. The summed E-state index contributed by atoms with van der Waals surface area (Å²) in [5.41, 5.74) is 1.25. The van der Waals surface area contributed by atoms with E-state index >= 15 is 0 Å². The topological polar surface area (TPSA) is 40.5 Å². The molecule has 0 amide bonds. The van der Waals surface area contributed by atoms with Gasteiger partial charge < -0.3 is 10.2 Å². The van der Waals surface area contributed by atoms with Gasteiger partial charge in [-0.2, -0.15) is 0 Å². The summed E-state index contributed by atoms with van der Waals surface area (Å²) in [5.74, 6) is -11.2. The smallest absolute Gasteiger partial charge is 0.200 e. The zero-order valence-electron chi connectivity index (χ0n) is 14.7. The number of rotatable bonds is 3. The number of hydrogen-bond acceptors (Lipinski definition) is 2. The summed E-state index contributed by atoms with van der Waals surface area (Å²) >= 11 is 0. The van der Waals surface area contributed by atoms with Crippen LogP contribution in [0.5, 0.6) is 11.5 Å². The quantitative estimate of drug-likeness (QED) is 0.294. The molecule has 0 spiro atoms. The van der Waals surface area contributed by atoms with Gasteiger partial charge in [0.05, 0.1) is 5.30 Å². The monoisotopic (exact) mass is 412 g/mol. The molecule has 8 heteroatoms. The Kier molecular flexibility index (Phi) is 5.31. The molecule has 0 aromatic heterocycles. The normalized spacial score (nSPS) is 11.3. The Hall–Kier alpha value is -2.66. The molecule has 3 aromatic rings. The van der Waals surface area contributed by atoms with Crippen molar-refractivity contribution in [3.05, 3.63) is 76.6 Å². The molecule has 0 aliphatic rings. The van der Waals surface area contributed by atoms with Crippen molar-refractivity contribution in [2.24, 2.45) is 0 Å². The minimum atomic E-state index is -2.50. The van der Waals surface area contributed by atoms with E-state index in [-0.39, 0.29) is 22.1 Å². The first-order chi connectivity index (χ1) is 13.1. The average Bonchev–Trinajstić information content (AvgIpc) is 2.63. The summed E-state index contributed by atoms with van der Waals surface area (Å²) in [4.78, 5) is 0. The summed E-state index contributed by atoms with van der Waals surface area (Å²) in [7, 11) is -2.50. The molecule has 0 saturated heterocycles. The molecule has 2 nitrogen and oxygen atoms in total. The molecule has 0 aliphatic carbocycles. The van der Waals surface area contributed by atoms with E-state index in [1.807, 2.05) is 0 Å². The SMILES string of the molecule is Cc1ccc(P(c2ccc(C)cc2O)c2c(F)c(F)c(F)c(F)c2F)c(O)c1. The van der Waals surface area contributed by atoms with Crippen molar-refractivity contribution in [1.82, 2.24) is 0 Å². The van der Waals surface area contributed by atoms with Gasteiger partial charge in [-0.25, -0.2) is 22.0 Å². The summed E-state index contributed by atoms with van der Waals surface area (Å²) in [6.07, 6.45) is 0. The van der Waals surface area contributed by atoms with E-state index in [9.17, 15) is 32.2 Å². The van der Waals surface area contributed by atoms with E-state index < -0.39 is 42.3 Å². The third-order valence-electron chi connectivity index (χ3n) is 4.15. The van der Waals surface area contributed by atoms with Gasteiger partial charge in [-0.3, -0.25) is 0 Å². The van der Waals surface area contributed by atoms with Gasteiger partial charge in [0.1, 0.15) is 11.5 Å². The Bertz CT molecular complexity index is 1000. The van der Waals surface area contributed by atoms with Crippen LogP contribution in [0, 0.1) is 42.9 Å². The molecule has 3 rings (SSSR count). The molecule has 146 valence electrons. The molecule has 2 N–H and O–H groups in total. The van der Waals surface area contributed by atoms with E-state index in [1.165, 1.54) is 36.4 Å². The number of benzene rings is 3. The van der Waals surface area contributed by atoms with Crippen LogP contribution in [-0.4, -0.2) is 10.2 Å². The van der Waals surface area contributed by atoms with Crippen LogP contribution in [0.1, 0.15) is 11.1 Å². The van der Waals surface area contributed by atoms with Crippen molar-refractivity contribution >= 4 is 23.8 Å². The fourth-order valence-electron chi connectivity index (χ4n) is 2.81. The van der Waals surface area contributed by atoms with Crippen LogP contribution in [0.25, 0.3) is 0 Å². The third kappa shape index (κ3) is 3.31. The van der Waals surface area contributed by atoms with Crippen molar-refractivity contribution in [1.29, 1.82) is 0 Å². The number of phenols is 2. The van der Waals surface area contributed by atoms with Crippen molar-refractivity contribution in [2.45, 2.75) is 13.8 Å². The number of aryl methyl sites for hydroxylation is 2. The minimum Gasteiger partial charge on any atom is -0.507 e. The first-order valence-electron chi connectivity index (χ1n) is 8.04.